The van der Waals surface area contributed by atoms with E-state index in [1.54, 1.807) is 4.90 Å². The van der Waals surface area contributed by atoms with Gasteiger partial charge in [0.1, 0.15) is 0 Å². The molecule has 1 amide bonds. The summed E-state index contributed by atoms with van der Waals surface area (Å²) >= 11 is 3.22. The van der Waals surface area contributed by atoms with Crippen LogP contribution in [0.5, 0.6) is 0 Å². The molecule has 1 aliphatic rings. The van der Waals surface area contributed by atoms with Gasteiger partial charge in [-0.3, -0.25) is 4.79 Å². The molecule has 0 bridgehead atoms. The Kier molecular flexibility index (Phi) is 4.83. The first-order chi connectivity index (χ1) is 9.44. The van der Waals surface area contributed by atoms with Crippen LogP contribution in [0.2, 0.25) is 0 Å². The topological polar surface area (TPSA) is 49.8 Å². The molecule has 1 aliphatic heterocycles. The minimum absolute atomic E-state index is 0.0387. The molecule has 1 aromatic rings. The van der Waals surface area contributed by atoms with Crippen LogP contribution in [-0.4, -0.2) is 35.1 Å². The normalized spacial score (nSPS) is 22.4. The van der Waals surface area contributed by atoms with Gasteiger partial charge in [0.05, 0.1) is 30.2 Å². The van der Waals surface area contributed by atoms with Crippen molar-refractivity contribution >= 4 is 27.5 Å². The summed E-state index contributed by atoms with van der Waals surface area (Å²) < 4.78 is 5.81. The number of para-hydroxylation sites is 1. The molecule has 0 fully saturated rings. The number of amides is 1. The summed E-state index contributed by atoms with van der Waals surface area (Å²) in [6.07, 6.45) is -0.0951. The number of hydrogen-bond acceptors (Lipinski definition) is 3. The zero-order chi connectivity index (χ0) is 14.8. The van der Waals surface area contributed by atoms with Crippen molar-refractivity contribution in [1.82, 2.24) is 0 Å². The average Bonchev–Trinajstić information content (AvgIpc) is 2.47. The van der Waals surface area contributed by atoms with E-state index in [4.69, 9.17) is 4.74 Å². The van der Waals surface area contributed by atoms with Crippen molar-refractivity contribution in [2.45, 2.75) is 32.0 Å². The largest absolute Gasteiger partial charge is 0.388 e. The molecule has 1 unspecified atom stereocenters. The van der Waals surface area contributed by atoms with Gasteiger partial charge in [-0.2, -0.15) is 0 Å². The lowest BCUT2D eigenvalue weighted by molar-refractivity contribution is -0.117. The molecule has 2 rings (SSSR count). The van der Waals surface area contributed by atoms with Gasteiger partial charge < -0.3 is 14.7 Å². The van der Waals surface area contributed by atoms with Crippen molar-refractivity contribution in [3.05, 3.63) is 29.8 Å². The van der Waals surface area contributed by atoms with Crippen molar-refractivity contribution in [2.24, 2.45) is 0 Å². The van der Waals surface area contributed by atoms with Crippen LogP contribution in [0.1, 0.15) is 31.9 Å². The Hall–Kier alpha value is -0.910. The highest BCUT2D eigenvalue weighted by Gasteiger charge is 2.30. The van der Waals surface area contributed by atoms with Gasteiger partial charge in [0.15, 0.2) is 0 Å². The second kappa shape index (κ2) is 6.24. The zero-order valence-electron chi connectivity index (χ0n) is 11.8. The molecule has 1 heterocycles. The number of aliphatic hydroxyl groups is 1. The maximum absolute atomic E-state index is 12.2. The molecule has 4 nitrogen and oxygen atoms in total. The number of rotatable bonds is 1. The Bertz CT molecular complexity index is 490. The van der Waals surface area contributed by atoms with Crippen LogP contribution in [0.25, 0.3) is 0 Å². The quantitative estimate of drug-likeness (QED) is 0.799. The third-order valence-electron chi connectivity index (χ3n) is 3.42. The standard InChI is InChI=1S/C15H20BrNO3/c1-15(2)10-17(14(19)9-16)12-6-4-3-5-11(12)13(18)7-8-20-15/h3-6,13,18H,7-10H2,1-2H3. The monoisotopic (exact) mass is 341 g/mol. The van der Waals surface area contributed by atoms with Gasteiger partial charge in [0.25, 0.3) is 0 Å². The third-order valence-corrected chi connectivity index (χ3v) is 3.90. The minimum atomic E-state index is -0.620. The van der Waals surface area contributed by atoms with Gasteiger partial charge >= 0.3 is 0 Å². The number of benzene rings is 1. The zero-order valence-corrected chi connectivity index (χ0v) is 13.4. The fraction of sp³-hybridized carbons (Fsp3) is 0.533. The molecule has 110 valence electrons. The van der Waals surface area contributed by atoms with Crippen LogP contribution >= 0.6 is 15.9 Å². The predicted octanol–water partition coefficient (Wildman–Crippen LogP) is 2.65. The van der Waals surface area contributed by atoms with Gasteiger partial charge in [-0.1, -0.05) is 34.1 Å². The van der Waals surface area contributed by atoms with Gasteiger partial charge in [0.2, 0.25) is 5.91 Å². The molecule has 5 heteroatoms. The van der Waals surface area contributed by atoms with Crippen LogP contribution < -0.4 is 4.90 Å². The first-order valence-electron chi connectivity index (χ1n) is 6.72. The number of fused-ring (bicyclic) bond motifs is 1. The second-order valence-electron chi connectivity index (χ2n) is 5.58. The second-order valence-corrected chi connectivity index (χ2v) is 6.15. The SMILES string of the molecule is CC1(C)CN(C(=O)CBr)c2ccccc2C(O)CCO1. The van der Waals surface area contributed by atoms with Gasteiger partial charge in [-0.15, -0.1) is 0 Å². The summed E-state index contributed by atoms with van der Waals surface area (Å²) in [5, 5.41) is 10.5. The highest BCUT2D eigenvalue weighted by Crippen LogP contribution is 2.32. The van der Waals surface area contributed by atoms with E-state index in [0.717, 1.165) is 11.3 Å². The van der Waals surface area contributed by atoms with Crippen molar-refractivity contribution in [3.63, 3.8) is 0 Å². The maximum atomic E-state index is 12.2. The number of anilines is 1. The third kappa shape index (κ3) is 3.40. The van der Waals surface area contributed by atoms with E-state index in [1.165, 1.54) is 0 Å². The first kappa shape index (κ1) is 15.5. The molecule has 20 heavy (non-hydrogen) atoms. The Labute approximate surface area is 127 Å². The number of ether oxygens (including phenoxy) is 1. The van der Waals surface area contributed by atoms with Gasteiger partial charge in [-0.25, -0.2) is 0 Å². The van der Waals surface area contributed by atoms with E-state index in [9.17, 15) is 9.90 Å². The first-order valence-corrected chi connectivity index (χ1v) is 7.84. The van der Waals surface area contributed by atoms with Crippen molar-refractivity contribution in [3.8, 4) is 0 Å². The van der Waals surface area contributed by atoms with Crippen LogP contribution in [-0.2, 0) is 9.53 Å². The van der Waals surface area contributed by atoms with Gasteiger partial charge in [-0.05, 0) is 19.9 Å². The molecule has 1 N–H and O–H groups in total. The molecule has 1 aromatic carbocycles. The Morgan fingerprint density at radius 1 is 1.50 bits per heavy atom. The van der Waals surface area contributed by atoms with Crippen molar-refractivity contribution in [1.29, 1.82) is 0 Å². The maximum Gasteiger partial charge on any atom is 0.237 e. The van der Waals surface area contributed by atoms with E-state index in [2.05, 4.69) is 15.9 Å². The molecule has 0 saturated carbocycles. The summed E-state index contributed by atoms with van der Waals surface area (Å²) in [7, 11) is 0. The molecule has 0 saturated heterocycles. The van der Waals surface area contributed by atoms with E-state index in [-0.39, 0.29) is 11.2 Å². The summed E-state index contributed by atoms with van der Waals surface area (Å²) in [6, 6.07) is 7.50. The average molecular weight is 342 g/mol. The van der Waals surface area contributed by atoms with E-state index >= 15 is 0 Å². The minimum Gasteiger partial charge on any atom is -0.388 e. The van der Waals surface area contributed by atoms with E-state index in [0.29, 0.717) is 19.6 Å². The van der Waals surface area contributed by atoms with Gasteiger partial charge in [0, 0.05) is 17.7 Å². The molecule has 0 spiro atoms. The Morgan fingerprint density at radius 3 is 2.90 bits per heavy atom. The smallest absolute Gasteiger partial charge is 0.237 e. The fourth-order valence-electron chi connectivity index (χ4n) is 2.42. The van der Waals surface area contributed by atoms with Crippen LogP contribution in [0.3, 0.4) is 0 Å². The predicted molar refractivity (Wildman–Crippen MR) is 82.2 cm³/mol. The summed E-state index contributed by atoms with van der Waals surface area (Å²) in [5.74, 6) is -0.0387. The number of alkyl halides is 1. The molecular formula is C15H20BrNO3. The summed E-state index contributed by atoms with van der Waals surface area (Å²) in [6.45, 7) is 4.85. The number of aliphatic hydroxyl groups excluding tert-OH is 1. The number of carbonyl (C=O) groups is 1. The molecule has 1 atom stereocenters. The summed E-state index contributed by atoms with van der Waals surface area (Å²) in [4.78, 5) is 13.9. The van der Waals surface area contributed by atoms with E-state index in [1.807, 2.05) is 38.1 Å². The number of carbonyl (C=O) groups excluding carboxylic acids is 1. The molecule has 0 radical (unpaired) electrons. The lowest BCUT2D eigenvalue weighted by Crippen LogP contribution is -2.44. The molecular weight excluding hydrogens is 322 g/mol. The Morgan fingerprint density at radius 2 is 2.20 bits per heavy atom. The van der Waals surface area contributed by atoms with Crippen LogP contribution in [0.4, 0.5) is 5.69 Å². The van der Waals surface area contributed by atoms with E-state index < -0.39 is 11.7 Å². The number of hydrogen-bond donors (Lipinski definition) is 1. The number of nitrogens with zero attached hydrogens (tertiary/aromatic N) is 1. The van der Waals surface area contributed by atoms with Crippen molar-refractivity contribution in [2.75, 3.05) is 23.4 Å². The van der Waals surface area contributed by atoms with Crippen LogP contribution in [0.15, 0.2) is 24.3 Å². The lowest BCUT2D eigenvalue weighted by Gasteiger charge is -2.32. The number of halogens is 1. The van der Waals surface area contributed by atoms with Crippen LogP contribution in [0, 0.1) is 0 Å². The molecule has 0 aromatic heterocycles. The fourth-order valence-corrected chi connectivity index (χ4v) is 2.73. The lowest BCUT2D eigenvalue weighted by atomic mass is 10.0. The highest BCUT2D eigenvalue weighted by atomic mass is 79.9. The van der Waals surface area contributed by atoms with Crippen molar-refractivity contribution < 1.29 is 14.6 Å². The molecule has 0 aliphatic carbocycles. The highest BCUT2D eigenvalue weighted by molar-refractivity contribution is 9.09. The Balaban J connectivity index is 2.49. The summed E-state index contributed by atoms with van der Waals surface area (Å²) in [5.41, 5.74) is 1.10.